The molecule has 0 saturated carbocycles. The molecule has 2 aliphatic heterocycles. The number of amides is 1. The second-order valence-electron chi connectivity index (χ2n) is 4.89. The van der Waals surface area contributed by atoms with E-state index in [2.05, 4.69) is 4.98 Å². The standard InChI is InChI=1S/C13H16N2O4/c1-13(18-7-8-19-13)4-6-15-11(16)9-3-2-5-14-10(9)12(15)17/h2-3,5,12,17H,4,6-8H2,1H3. The van der Waals surface area contributed by atoms with E-state index < -0.39 is 12.0 Å². The smallest absolute Gasteiger partial charge is 0.258 e. The van der Waals surface area contributed by atoms with Crippen LogP contribution in [0.25, 0.3) is 0 Å². The van der Waals surface area contributed by atoms with Crippen LogP contribution in [0.5, 0.6) is 0 Å². The summed E-state index contributed by atoms with van der Waals surface area (Å²) >= 11 is 0. The average molecular weight is 264 g/mol. The fourth-order valence-electron chi connectivity index (χ4n) is 2.47. The molecule has 1 saturated heterocycles. The van der Waals surface area contributed by atoms with Crippen LogP contribution in [0.1, 0.15) is 35.6 Å². The number of hydrogen-bond acceptors (Lipinski definition) is 5. The lowest BCUT2D eigenvalue weighted by molar-refractivity contribution is -0.151. The molecule has 1 aromatic heterocycles. The molecule has 0 spiro atoms. The van der Waals surface area contributed by atoms with Crippen LogP contribution >= 0.6 is 0 Å². The average Bonchev–Trinajstić information content (AvgIpc) is 2.94. The summed E-state index contributed by atoms with van der Waals surface area (Å²) in [6, 6.07) is 3.37. The Bertz CT molecular complexity index is 499. The van der Waals surface area contributed by atoms with Gasteiger partial charge in [-0.15, -0.1) is 0 Å². The van der Waals surface area contributed by atoms with Gasteiger partial charge >= 0.3 is 0 Å². The second kappa shape index (κ2) is 4.56. The highest BCUT2D eigenvalue weighted by atomic mass is 16.7. The van der Waals surface area contributed by atoms with E-state index in [1.54, 1.807) is 18.3 Å². The van der Waals surface area contributed by atoms with Crippen LogP contribution in [0.3, 0.4) is 0 Å². The van der Waals surface area contributed by atoms with Gasteiger partial charge in [0, 0.05) is 19.2 Å². The minimum absolute atomic E-state index is 0.197. The fourth-order valence-corrected chi connectivity index (χ4v) is 2.47. The van der Waals surface area contributed by atoms with Crippen LogP contribution in [0, 0.1) is 0 Å². The Kier molecular flexibility index (Phi) is 3.00. The number of aliphatic hydroxyl groups excluding tert-OH is 1. The van der Waals surface area contributed by atoms with E-state index in [4.69, 9.17) is 9.47 Å². The molecule has 6 nitrogen and oxygen atoms in total. The zero-order valence-electron chi connectivity index (χ0n) is 10.7. The van der Waals surface area contributed by atoms with Crippen LogP contribution in [-0.4, -0.2) is 46.4 Å². The van der Waals surface area contributed by atoms with Crippen molar-refractivity contribution < 1.29 is 19.4 Å². The van der Waals surface area contributed by atoms with Gasteiger partial charge in [0.25, 0.3) is 5.91 Å². The summed E-state index contributed by atoms with van der Waals surface area (Å²) in [4.78, 5) is 17.6. The van der Waals surface area contributed by atoms with E-state index in [0.29, 0.717) is 37.4 Å². The van der Waals surface area contributed by atoms with Crippen LogP contribution in [0.2, 0.25) is 0 Å². The molecule has 0 aromatic carbocycles. The number of pyridine rings is 1. The molecule has 0 radical (unpaired) electrons. The lowest BCUT2D eigenvalue weighted by Gasteiger charge is -2.27. The number of hydrogen-bond donors (Lipinski definition) is 1. The van der Waals surface area contributed by atoms with Gasteiger partial charge in [0.2, 0.25) is 0 Å². The first-order valence-electron chi connectivity index (χ1n) is 6.33. The zero-order chi connectivity index (χ0) is 13.5. The molecule has 2 aliphatic rings. The number of rotatable bonds is 3. The number of fused-ring (bicyclic) bond motifs is 1. The third-order valence-corrected chi connectivity index (χ3v) is 3.57. The first kappa shape index (κ1) is 12.5. The van der Waals surface area contributed by atoms with E-state index in [9.17, 15) is 9.90 Å². The van der Waals surface area contributed by atoms with Crippen molar-refractivity contribution in [2.24, 2.45) is 0 Å². The molecule has 1 aromatic rings. The van der Waals surface area contributed by atoms with Crippen molar-refractivity contribution >= 4 is 5.91 Å². The van der Waals surface area contributed by atoms with Gasteiger partial charge in [0.05, 0.1) is 18.8 Å². The van der Waals surface area contributed by atoms with E-state index >= 15 is 0 Å². The van der Waals surface area contributed by atoms with Crippen molar-refractivity contribution in [1.29, 1.82) is 0 Å². The van der Waals surface area contributed by atoms with Crippen molar-refractivity contribution in [1.82, 2.24) is 9.88 Å². The molecular weight excluding hydrogens is 248 g/mol. The predicted molar refractivity (Wildman–Crippen MR) is 65.2 cm³/mol. The molecule has 1 amide bonds. The van der Waals surface area contributed by atoms with E-state index in [1.165, 1.54) is 4.90 Å². The van der Waals surface area contributed by atoms with Gasteiger partial charge in [-0.25, -0.2) is 0 Å². The molecule has 3 rings (SSSR count). The highest BCUT2D eigenvalue weighted by Gasteiger charge is 2.39. The number of aromatic nitrogens is 1. The molecule has 1 fully saturated rings. The molecule has 1 atom stereocenters. The summed E-state index contributed by atoms with van der Waals surface area (Å²) in [5, 5.41) is 10.1. The quantitative estimate of drug-likeness (QED) is 0.869. The largest absolute Gasteiger partial charge is 0.368 e. The van der Waals surface area contributed by atoms with Crippen LogP contribution < -0.4 is 0 Å². The predicted octanol–water partition coefficient (Wildman–Crippen LogP) is 0.681. The highest BCUT2D eigenvalue weighted by Crippen LogP contribution is 2.31. The lowest BCUT2D eigenvalue weighted by atomic mass is 10.2. The van der Waals surface area contributed by atoms with Gasteiger partial charge in [0.15, 0.2) is 12.0 Å². The maximum Gasteiger partial charge on any atom is 0.258 e. The Morgan fingerprint density at radius 3 is 2.95 bits per heavy atom. The first-order valence-corrected chi connectivity index (χ1v) is 6.33. The van der Waals surface area contributed by atoms with Gasteiger partial charge in [-0.2, -0.15) is 0 Å². The van der Waals surface area contributed by atoms with E-state index in [0.717, 1.165) is 0 Å². The van der Waals surface area contributed by atoms with E-state index in [1.807, 2.05) is 6.92 Å². The Morgan fingerprint density at radius 2 is 2.26 bits per heavy atom. The third kappa shape index (κ3) is 2.11. The van der Waals surface area contributed by atoms with Gasteiger partial charge < -0.3 is 19.5 Å². The summed E-state index contributed by atoms with van der Waals surface area (Å²) in [5.41, 5.74) is 0.888. The first-order chi connectivity index (χ1) is 9.11. The molecule has 0 aliphatic carbocycles. The fraction of sp³-hybridized carbons (Fsp3) is 0.538. The maximum atomic E-state index is 12.2. The molecule has 0 bridgehead atoms. The Balaban J connectivity index is 1.72. The van der Waals surface area contributed by atoms with Gasteiger partial charge in [0.1, 0.15) is 5.69 Å². The zero-order valence-corrected chi connectivity index (χ0v) is 10.7. The number of carbonyl (C=O) groups excluding carboxylic acids is 1. The van der Waals surface area contributed by atoms with Crippen LogP contribution in [0.4, 0.5) is 0 Å². The Labute approximate surface area is 111 Å². The van der Waals surface area contributed by atoms with Crippen molar-refractivity contribution in [3.63, 3.8) is 0 Å². The number of ether oxygens (including phenoxy) is 2. The molecule has 6 heteroatoms. The van der Waals surface area contributed by atoms with Crippen LogP contribution in [-0.2, 0) is 9.47 Å². The van der Waals surface area contributed by atoms with Gasteiger partial charge in [-0.05, 0) is 19.1 Å². The normalized spacial score (nSPS) is 24.8. The van der Waals surface area contributed by atoms with Crippen molar-refractivity contribution in [2.45, 2.75) is 25.4 Å². The summed E-state index contributed by atoms with van der Waals surface area (Å²) in [6.07, 6.45) is 1.11. The SMILES string of the molecule is CC1(CCN2C(=O)c3cccnc3C2O)OCCO1. The van der Waals surface area contributed by atoms with Gasteiger partial charge in [-0.3, -0.25) is 9.78 Å². The molecule has 3 heterocycles. The second-order valence-corrected chi connectivity index (χ2v) is 4.89. The minimum Gasteiger partial charge on any atom is -0.368 e. The molecule has 19 heavy (non-hydrogen) atoms. The Morgan fingerprint density at radius 1 is 1.53 bits per heavy atom. The molecule has 102 valence electrons. The van der Waals surface area contributed by atoms with Crippen molar-refractivity contribution in [2.75, 3.05) is 19.8 Å². The molecule has 1 N–H and O–H groups in total. The van der Waals surface area contributed by atoms with E-state index in [-0.39, 0.29) is 5.91 Å². The topological polar surface area (TPSA) is 71.9 Å². The van der Waals surface area contributed by atoms with Crippen molar-refractivity contribution in [3.8, 4) is 0 Å². The maximum absolute atomic E-state index is 12.2. The summed E-state index contributed by atoms with van der Waals surface area (Å²) in [5.74, 6) is -0.862. The lowest BCUT2D eigenvalue weighted by Crippen LogP contribution is -2.35. The third-order valence-electron chi connectivity index (χ3n) is 3.57. The Hall–Kier alpha value is -1.50. The highest BCUT2D eigenvalue weighted by molar-refractivity contribution is 5.98. The summed E-state index contributed by atoms with van der Waals surface area (Å²) in [6.45, 7) is 3.34. The minimum atomic E-state index is -0.978. The van der Waals surface area contributed by atoms with Crippen LogP contribution in [0.15, 0.2) is 18.3 Å². The summed E-state index contributed by atoms with van der Waals surface area (Å²) < 4.78 is 11.0. The number of aliphatic hydroxyl groups is 1. The summed E-state index contributed by atoms with van der Waals surface area (Å²) in [7, 11) is 0. The monoisotopic (exact) mass is 264 g/mol. The number of nitrogens with zero attached hydrogens (tertiary/aromatic N) is 2. The molecule has 1 unspecified atom stereocenters. The number of carbonyl (C=O) groups is 1. The van der Waals surface area contributed by atoms with Gasteiger partial charge in [-0.1, -0.05) is 0 Å². The van der Waals surface area contributed by atoms with Crippen molar-refractivity contribution in [3.05, 3.63) is 29.6 Å². The molecular formula is C13H16N2O4.